The van der Waals surface area contributed by atoms with Crippen molar-refractivity contribution >= 4 is 23.9 Å². The van der Waals surface area contributed by atoms with Gasteiger partial charge in [0.2, 0.25) is 12.5 Å². The van der Waals surface area contributed by atoms with Crippen LogP contribution in [-0.4, -0.2) is 52.5 Å². The normalized spacial score (nSPS) is 12.0. The minimum atomic E-state index is -1.48. The molecule has 33 heavy (non-hydrogen) atoms. The molecule has 2 aromatic rings. The number of hydrogen-bond donors (Lipinski definition) is 2. The van der Waals surface area contributed by atoms with E-state index in [2.05, 4.69) is 10.6 Å². The van der Waals surface area contributed by atoms with E-state index < -0.39 is 24.3 Å². The lowest BCUT2D eigenvalue weighted by molar-refractivity contribution is -0.303. The summed E-state index contributed by atoms with van der Waals surface area (Å²) < 4.78 is 26.3. The van der Waals surface area contributed by atoms with E-state index in [4.69, 9.17) is 23.7 Å². The number of nitrogens with one attached hydrogen (secondary N) is 2. The zero-order chi connectivity index (χ0) is 24.0. The molecule has 0 spiro atoms. The third-order valence-corrected chi connectivity index (χ3v) is 4.52. The van der Waals surface area contributed by atoms with Gasteiger partial charge < -0.3 is 44.2 Å². The number of amides is 2. The first-order chi connectivity index (χ1) is 15.9. The molecule has 0 fully saturated rings. The zero-order valence-electron chi connectivity index (χ0n) is 18.1. The molecule has 1 aliphatic rings. The third-order valence-electron chi connectivity index (χ3n) is 4.52. The van der Waals surface area contributed by atoms with Crippen LogP contribution in [0.25, 0.3) is 6.08 Å². The molecule has 0 atom stereocenters. The first kappa shape index (κ1) is 23.3. The predicted octanol–water partition coefficient (Wildman–Crippen LogP) is 0.0781. The van der Waals surface area contributed by atoms with Crippen molar-refractivity contribution in [2.75, 3.05) is 34.7 Å². The Morgan fingerprint density at radius 3 is 2.27 bits per heavy atom. The minimum absolute atomic E-state index is 0.0688. The second kappa shape index (κ2) is 10.3. The van der Waals surface area contributed by atoms with Gasteiger partial charge in [-0.15, -0.1) is 0 Å². The van der Waals surface area contributed by atoms with Crippen LogP contribution < -0.4 is 39.4 Å². The van der Waals surface area contributed by atoms with Crippen LogP contribution >= 0.6 is 0 Å². The molecule has 0 radical (unpaired) electrons. The van der Waals surface area contributed by atoms with Gasteiger partial charge in [-0.25, -0.2) is 0 Å². The lowest BCUT2D eigenvalue weighted by atomic mass is 10.1. The number of benzene rings is 2. The molecule has 11 heteroatoms. The smallest absolute Gasteiger partial charge is 0.268 e. The van der Waals surface area contributed by atoms with Crippen LogP contribution in [-0.2, 0) is 9.59 Å². The zero-order valence-corrected chi connectivity index (χ0v) is 18.1. The second-order valence-corrected chi connectivity index (χ2v) is 6.59. The van der Waals surface area contributed by atoms with Crippen LogP contribution in [0.1, 0.15) is 15.9 Å². The SMILES string of the molecule is COc1cc(C(=O)N/C(=C/c2ccc3c(c2)OCO3)C(=O)NCC(=O)[O-])cc(OC)c1OC. The number of fused-ring (bicyclic) bond motifs is 1. The van der Waals surface area contributed by atoms with Crippen LogP contribution in [0.15, 0.2) is 36.0 Å². The van der Waals surface area contributed by atoms with Crippen LogP contribution in [0, 0.1) is 0 Å². The Morgan fingerprint density at radius 2 is 1.67 bits per heavy atom. The summed E-state index contributed by atoms with van der Waals surface area (Å²) in [6.07, 6.45) is 1.36. The molecule has 174 valence electrons. The van der Waals surface area contributed by atoms with Crippen molar-refractivity contribution in [3.8, 4) is 28.7 Å². The van der Waals surface area contributed by atoms with Gasteiger partial charge in [-0.1, -0.05) is 6.07 Å². The van der Waals surface area contributed by atoms with Gasteiger partial charge in [-0.3, -0.25) is 9.59 Å². The van der Waals surface area contributed by atoms with Gasteiger partial charge in [0.05, 0.1) is 33.8 Å². The summed E-state index contributed by atoms with van der Waals surface area (Å²) in [5.41, 5.74) is 0.394. The monoisotopic (exact) mass is 457 g/mol. The summed E-state index contributed by atoms with van der Waals surface area (Å²) in [6, 6.07) is 7.72. The maximum absolute atomic E-state index is 13.0. The molecule has 0 unspecified atom stereocenters. The van der Waals surface area contributed by atoms with Crippen molar-refractivity contribution in [1.82, 2.24) is 10.6 Å². The molecule has 0 aromatic heterocycles. The number of carbonyl (C=O) groups excluding carboxylic acids is 3. The molecular weight excluding hydrogens is 436 g/mol. The Bertz CT molecular complexity index is 1090. The Labute approximate surface area is 188 Å². The van der Waals surface area contributed by atoms with E-state index in [0.717, 1.165) is 0 Å². The highest BCUT2D eigenvalue weighted by Crippen LogP contribution is 2.38. The third kappa shape index (κ3) is 5.45. The van der Waals surface area contributed by atoms with Crippen LogP contribution in [0.5, 0.6) is 28.7 Å². The molecule has 0 saturated carbocycles. The Morgan fingerprint density at radius 1 is 1.00 bits per heavy atom. The first-order valence-corrected chi connectivity index (χ1v) is 9.57. The number of methoxy groups -OCH3 is 3. The van der Waals surface area contributed by atoms with Crippen molar-refractivity contribution in [2.45, 2.75) is 0 Å². The fraction of sp³-hybridized carbons (Fsp3) is 0.227. The Balaban J connectivity index is 1.93. The quantitative estimate of drug-likeness (QED) is 0.500. The number of ether oxygens (including phenoxy) is 5. The maximum Gasteiger partial charge on any atom is 0.268 e. The van der Waals surface area contributed by atoms with Crippen molar-refractivity contribution in [3.05, 3.63) is 47.2 Å². The van der Waals surface area contributed by atoms with Crippen molar-refractivity contribution < 1.29 is 43.2 Å². The molecule has 3 rings (SSSR count). The van der Waals surface area contributed by atoms with Gasteiger partial charge in [-0.05, 0) is 35.9 Å². The number of aliphatic carboxylic acids is 1. The summed E-state index contributed by atoms with van der Waals surface area (Å²) >= 11 is 0. The van der Waals surface area contributed by atoms with E-state index in [-0.39, 0.29) is 29.6 Å². The number of carboxylic acids is 1. The number of carbonyl (C=O) groups is 3. The van der Waals surface area contributed by atoms with E-state index in [1.807, 2.05) is 0 Å². The van der Waals surface area contributed by atoms with Crippen molar-refractivity contribution in [2.24, 2.45) is 0 Å². The lowest BCUT2D eigenvalue weighted by Gasteiger charge is -2.15. The molecule has 1 heterocycles. The number of rotatable bonds is 9. The topological polar surface area (TPSA) is 144 Å². The molecular formula is C22H21N2O9-. The van der Waals surface area contributed by atoms with E-state index in [1.165, 1.54) is 39.5 Å². The van der Waals surface area contributed by atoms with Gasteiger partial charge in [0.25, 0.3) is 11.8 Å². The van der Waals surface area contributed by atoms with E-state index in [9.17, 15) is 19.5 Å². The molecule has 2 N–H and O–H groups in total. The van der Waals surface area contributed by atoms with E-state index in [0.29, 0.717) is 22.8 Å². The van der Waals surface area contributed by atoms with Gasteiger partial charge in [0, 0.05) is 5.56 Å². The predicted molar refractivity (Wildman–Crippen MR) is 112 cm³/mol. The Hall–Kier alpha value is -4.41. The summed E-state index contributed by atoms with van der Waals surface area (Å²) in [5.74, 6) is -1.22. The summed E-state index contributed by atoms with van der Waals surface area (Å²) in [5, 5.41) is 15.4. The van der Waals surface area contributed by atoms with Crippen molar-refractivity contribution in [3.63, 3.8) is 0 Å². The van der Waals surface area contributed by atoms with Crippen LogP contribution in [0.3, 0.4) is 0 Å². The number of carboxylic acid groups (broad SMARTS) is 1. The maximum atomic E-state index is 13.0. The average molecular weight is 457 g/mol. The minimum Gasteiger partial charge on any atom is -0.548 e. The molecule has 0 bridgehead atoms. The molecule has 0 aliphatic carbocycles. The van der Waals surface area contributed by atoms with E-state index in [1.54, 1.807) is 18.2 Å². The molecule has 1 aliphatic heterocycles. The summed E-state index contributed by atoms with van der Waals surface area (Å²) in [6.45, 7) is -0.670. The molecule has 0 saturated heterocycles. The van der Waals surface area contributed by atoms with Gasteiger partial charge in [-0.2, -0.15) is 0 Å². The average Bonchev–Trinajstić information content (AvgIpc) is 3.28. The first-order valence-electron chi connectivity index (χ1n) is 9.57. The van der Waals surface area contributed by atoms with Gasteiger partial charge in [0.15, 0.2) is 23.0 Å². The van der Waals surface area contributed by atoms with Gasteiger partial charge >= 0.3 is 0 Å². The van der Waals surface area contributed by atoms with Crippen LogP contribution in [0.2, 0.25) is 0 Å². The van der Waals surface area contributed by atoms with Gasteiger partial charge in [0.1, 0.15) is 5.70 Å². The number of hydrogen-bond acceptors (Lipinski definition) is 9. The van der Waals surface area contributed by atoms with E-state index >= 15 is 0 Å². The highest BCUT2D eigenvalue weighted by Gasteiger charge is 2.20. The molecule has 2 amide bonds. The summed E-state index contributed by atoms with van der Waals surface area (Å²) in [4.78, 5) is 36.3. The lowest BCUT2D eigenvalue weighted by Crippen LogP contribution is -2.41. The fourth-order valence-electron chi connectivity index (χ4n) is 2.98. The van der Waals surface area contributed by atoms with Crippen molar-refractivity contribution in [1.29, 1.82) is 0 Å². The largest absolute Gasteiger partial charge is 0.548 e. The molecule has 11 nitrogen and oxygen atoms in total. The standard InChI is InChI=1S/C22H22N2O9/c1-29-17-8-13(9-18(30-2)20(17)31-3)21(27)24-14(22(28)23-10-19(25)26)6-12-4-5-15-16(7-12)33-11-32-15/h4-9H,10-11H2,1-3H3,(H,23,28)(H,24,27)(H,25,26)/p-1/b14-6+. The highest BCUT2D eigenvalue weighted by atomic mass is 16.7. The summed E-state index contributed by atoms with van der Waals surface area (Å²) in [7, 11) is 4.22. The highest BCUT2D eigenvalue weighted by molar-refractivity contribution is 6.06. The second-order valence-electron chi connectivity index (χ2n) is 6.59. The Kier molecular flexibility index (Phi) is 7.24. The fourth-order valence-corrected chi connectivity index (χ4v) is 2.98. The van der Waals surface area contributed by atoms with Crippen LogP contribution in [0.4, 0.5) is 0 Å². The molecule has 2 aromatic carbocycles.